The second-order valence-corrected chi connectivity index (χ2v) is 12.3. The maximum atomic E-state index is 14.7. The molecule has 4 aliphatic heterocycles. The molecule has 7 nitrogen and oxygen atoms in total. The molecule has 0 aromatic heterocycles. The van der Waals surface area contributed by atoms with E-state index in [1.165, 1.54) is 11.8 Å². The van der Waals surface area contributed by atoms with Crippen LogP contribution in [0.15, 0.2) is 72.8 Å². The summed E-state index contributed by atoms with van der Waals surface area (Å²) >= 11 is 1.51. The van der Waals surface area contributed by atoms with Gasteiger partial charge in [0.25, 0.3) is 5.91 Å². The van der Waals surface area contributed by atoms with Crippen LogP contribution in [0, 0.1) is 25.7 Å². The van der Waals surface area contributed by atoms with Gasteiger partial charge in [-0.15, -0.1) is 11.8 Å². The highest BCUT2D eigenvalue weighted by molar-refractivity contribution is 8.02. The number of rotatable bonds is 5. The molecule has 2 fully saturated rings. The molecule has 39 heavy (non-hydrogen) atoms. The van der Waals surface area contributed by atoms with Gasteiger partial charge in [0.2, 0.25) is 5.91 Å². The molecule has 0 radical (unpaired) electrons. The predicted molar refractivity (Wildman–Crippen MR) is 150 cm³/mol. The number of benzene rings is 2. The number of carbonyl (C=O) groups excluding carboxylic acids is 3. The van der Waals surface area contributed by atoms with Crippen LogP contribution >= 0.6 is 11.8 Å². The lowest BCUT2D eigenvalue weighted by Crippen LogP contribution is -2.57. The van der Waals surface area contributed by atoms with Gasteiger partial charge < -0.3 is 19.6 Å². The van der Waals surface area contributed by atoms with E-state index in [1.54, 1.807) is 9.80 Å². The van der Waals surface area contributed by atoms with Crippen molar-refractivity contribution < 1.29 is 24.2 Å². The summed E-state index contributed by atoms with van der Waals surface area (Å²) in [5.74, 6) is -2.35. The first-order valence-corrected chi connectivity index (χ1v) is 14.3. The zero-order valence-electron chi connectivity index (χ0n) is 22.0. The molecule has 2 aromatic carbocycles. The van der Waals surface area contributed by atoms with Gasteiger partial charge in [-0.1, -0.05) is 66.8 Å². The van der Waals surface area contributed by atoms with Crippen LogP contribution in [-0.2, 0) is 25.5 Å². The number of anilines is 1. The number of aliphatic hydroxyl groups is 1. The number of cyclic esters (lactones) is 1. The fraction of sp³-hybridized carbons (Fsp3) is 0.387. The topological polar surface area (TPSA) is 87.2 Å². The molecule has 2 saturated heterocycles. The van der Waals surface area contributed by atoms with Crippen LogP contribution in [0.4, 0.5) is 5.69 Å². The van der Waals surface area contributed by atoms with Crippen LogP contribution < -0.4 is 4.90 Å². The van der Waals surface area contributed by atoms with Gasteiger partial charge in [0.1, 0.15) is 12.6 Å². The summed E-state index contributed by atoms with van der Waals surface area (Å²) < 4.78 is 4.51. The van der Waals surface area contributed by atoms with Gasteiger partial charge in [-0.25, -0.2) is 0 Å². The number of thioether (sulfide) groups is 1. The fourth-order valence-electron chi connectivity index (χ4n) is 6.67. The molecule has 0 bridgehead atoms. The normalized spacial score (nSPS) is 30.4. The van der Waals surface area contributed by atoms with Gasteiger partial charge in [0.15, 0.2) is 0 Å². The largest absolute Gasteiger partial charge is 0.461 e. The number of carbonyl (C=O) groups is 3. The first-order valence-electron chi connectivity index (χ1n) is 13.4. The molecule has 1 unspecified atom stereocenters. The molecular formula is C31H32N2O5S. The summed E-state index contributed by atoms with van der Waals surface area (Å²) in [5, 5.41) is 10.3. The molecule has 1 N–H and O–H groups in total. The Hall–Kier alpha value is -3.36. The van der Waals surface area contributed by atoms with Crippen LogP contribution in [0.25, 0.3) is 0 Å². The average Bonchev–Trinajstić information content (AvgIpc) is 3.24. The van der Waals surface area contributed by atoms with Gasteiger partial charge in [-0.05, 0) is 43.0 Å². The number of amides is 2. The molecule has 0 saturated carbocycles. The molecule has 2 aromatic rings. The summed E-state index contributed by atoms with van der Waals surface area (Å²) in [5.41, 5.74) is 3.76. The molecule has 4 aliphatic rings. The Morgan fingerprint density at radius 1 is 1.08 bits per heavy atom. The van der Waals surface area contributed by atoms with Crippen molar-refractivity contribution in [2.75, 3.05) is 24.7 Å². The lowest BCUT2D eigenvalue weighted by molar-refractivity contribution is -0.152. The van der Waals surface area contributed by atoms with Crippen molar-refractivity contribution in [3.63, 3.8) is 0 Å². The number of esters is 1. The van der Waals surface area contributed by atoms with Crippen molar-refractivity contribution in [2.24, 2.45) is 11.8 Å². The number of hydrogen-bond acceptors (Lipinski definition) is 6. The number of aliphatic hydroxyl groups excluding tert-OH is 1. The first-order chi connectivity index (χ1) is 18.9. The minimum atomic E-state index is -0.958. The van der Waals surface area contributed by atoms with Crippen LogP contribution in [0.2, 0.25) is 0 Å². The van der Waals surface area contributed by atoms with Gasteiger partial charge >= 0.3 is 5.97 Å². The fourth-order valence-corrected chi connectivity index (χ4v) is 8.65. The highest BCUT2D eigenvalue weighted by atomic mass is 32.2. The van der Waals surface area contributed by atoms with E-state index in [2.05, 4.69) is 0 Å². The van der Waals surface area contributed by atoms with E-state index in [0.29, 0.717) is 13.0 Å². The highest BCUT2D eigenvalue weighted by Crippen LogP contribution is 2.61. The minimum absolute atomic E-state index is 0.176. The highest BCUT2D eigenvalue weighted by Gasteiger charge is 2.71. The second kappa shape index (κ2) is 9.99. The summed E-state index contributed by atoms with van der Waals surface area (Å²) in [6.45, 7) is 4.19. The molecule has 6 rings (SSSR count). The van der Waals surface area contributed by atoms with E-state index in [1.807, 2.05) is 86.7 Å². The first kappa shape index (κ1) is 25.9. The average molecular weight is 545 g/mol. The van der Waals surface area contributed by atoms with Crippen molar-refractivity contribution >= 4 is 35.2 Å². The standard InChI is InChI=1S/C31H32N2O5S/c1-19-11-12-20(2)23(16-19)32-14-7-13-31-26(25-24(39-31)10-6-15-38-30(25)37)28(35)33(27(31)29(32)36)22(18-34)17-21-8-4-3-5-9-21/h3-13,16,22,24-27,34H,14-15,17-18H2,1-2H3/t22-,24-,25+,26+,27?,31+/m1/s1. The lowest BCUT2D eigenvalue weighted by atomic mass is 9.78. The quantitative estimate of drug-likeness (QED) is 0.460. The van der Waals surface area contributed by atoms with Crippen molar-refractivity contribution in [1.82, 2.24) is 4.90 Å². The Bertz CT molecular complexity index is 1370. The number of ether oxygens (including phenoxy) is 1. The van der Waals surface area contributed by atoms with E-state index in [0.717, 1.165) is 22.4 Å². The van der Waals surface area contributed by atoms with Gasteiger partial charge in [0.05, 0.1) is 29.2 Å². The minimum Gasteiger partial charge on any atom is -0.461 e. The smallest absolute Gasteiger partial charge is 0.311 e. The monoisotopic (exact) mass is 544 g/mol. The van der Waals surface area contributed by atoms with E-state index in [-0.39, 0.29) is 30.3 Å². The zero-order chi connectivity index (χ0) is 27.3. The molecule has 8 heteroatoms. The van der Waals surface area contributed by atoms with Crippen molar-refractivity contribution in [3.05, 3.63) is 89.5 Å². The second-order valence-electron chi connectivity index (χ2n) is 10.8. The Labute approximate surface area is 232 Å². The summed E-state index contributed by atoms with van der Waals surface area (Å²) in [6.07, 6.45) is 8.11. The van der Waals surface area contributed by atoms with Crippen LogP contribution in [-0.4, -0.2) is 69.6 Å². The van der Waals surface area contributed by atoms with Crippen molar-refractivity contribution in [2.45, 2.75) is 42.3 Å². The van der Waals surface area contributed by atoms with Gasteiger partial charge in [-0.3, -0.25) is 14.4 Å². The maximum Gasteiger partial charge on any atom is 0.311 e. The molecule has 1 spiro atoms. The van der Waals surface area contributed by atoms with E-state index in [4.69, 9.17) is 4.74 Å². The van der Waals surface area contributed by atoms with Crippen molar-refractivity contribution in [1.29, 1.82) is 0 Å². The number of likely N-dealkylation sites (tertiary alicyclic amines) is 1. The third-order valence-corrected chi connectivity index (χ3v) is 10.2. The van der Waals surface area contributed by atoms with Crippen LogP contribution in [0.1, 0.15) is 16.7 Å². The third kappa shape index (κ3) is 4.12. The lowest BCUT2D eigenvalue weighted by Gasteiger charge is -2.38. The molecule has 2 amide bonds. The van der Waals surface area contributed by atoms with Crippen LogP contribution in [0.3, 0.4) is 0 Å². The zero-order valence-corrected chi connectivity index (χ0v) is 22.8. The third-order valence-electron chi connectivity index (χ3n) is 8.43. The number of hydrogen-bond donors (Lipinski definition) is 1. The van der Waals surface area contributed by atoms with E-state index >= 15 is 0 Å². The van der Waals surface area contributed by atoms with E-state index in [9.17, 15) is 19.5 Å². The molecule has 202 valence electrons. The van der Waals surface area contributed by atoms with Crippen LogP contribution in [0.5, 0.6) is 0 Å². The van der Waals surface area contributed by atoms with Crippen molar-refractivity contribution in [3.8, 4) is 0 Å². The Kier molecular flexibility index (Phi) is 6.63. The summed E-state index contributed by atoms with van der Waals surface area (Å²) in [4.78, 5) is 45.7. The molecular weight excluding hydrogens is 512 g/mol. The Balaban J connectivity index is 1.49. The Morgan fingerprint density at radius 2 is 1.87 bits per heavy atom. The predicted octanol–water partition coefficient (Wildman–Crippen LogP) is 3.22. The maximum absolute atomic E-state index is 14.7. The Morgan fingerprint density at radius 3 is 2.64 bits per heavy atom. The molecule has 6 atom stereocenters. The van der Waals surface area contributed by atoms with Gasteiger partial charge in [0, 0.05) is 17.5 Å². The molecule has 4 heterocycles. The summed E-state index contributed by atoms with van der Waals surface area (Å²) in [6, 6.07) is 14.2. The number of nitrogens with zero attached hydrogens (tertiary/aromatic N) is 2. The molecule has 0 aliphatic carbocycles. The number of fused-ring (bicyclic) bond motifs is 2. The number of aryl methyl sites for hydroxylation is 2. The summed E-state index contributed by atoms with van der Waals surface area (Å²) in [7, 11) is 0. The SMILES string of the molecule is Cc1ccc(C)c(N2CC=C[C@]34S[C@@H]5C=CCOC(=O)[C@@H]5[C@H]3C(=O)N([C@@H](CO)Cc3ccccc3)C4C2=O)c1. The van der Waals surface area contributed by atoms with Gasteiger partial charge in [-0.2, -0.15) is 0 Å². The van der Waals surface area contributed by atoms with E-state index < -0.39 is 34.6 Å².